The number of carbonyl (C=O) groups is 1. The van der Waals surface area contributed by atoms with Crippen molar-refractivity contribution in [2.75, 3.05) is 5.32 Å². The smallest absolute Gasteiger partial charge is 0.249 e. The molecule has 2 aromatic rings. The maximum Gasteiger partial charge on any atom is 0.249 e. The normalized spacial score (nSPS) is 10.3. The fourth-order valence-corrected chi connectivity index (χ4v) is 2.71. The first-order valence-electron chi connectivity index (χ1n) is 5.12. The third-order valence-corrected chi connectivity index (χ3v) is 3.81. The Morgan fingerprint density at radius 1 is 1.33 bits per heavy atom. The van der Waals surface area contributed by atoms with Crippen LogP contribution >= 0.6 is 34.5 Å². The molecule has 0 radical (unpaired) electrons. The van der Waals surface area contributed by atoms with E-state index < -0.39 is 5.91 Å². The van der Waals surface area contributed by atoms with E-state index in [1.165, 1.54) is 11.3 Å². The van der Waals surface area contributed by atoms with Gasteiger partial charge in [-0.05, 0) is 24.3 Å². The van der Waals surface area contributed by atoms with E-state index >= 15 is 0 Å². The summed E-state index contributed by atoms with van der Waals surface area (Å²) in [6, 6.07) is 7.02. The van der Waals surface area contributed by atoms with Crippen molar-refractivity contribution in [3.05, 3.63) is 50.1 Å². The number of primary amides is 1. The minimum atomic E-state index is -0.415. The zero-order valence-corrected chi connectivity index (χ0v) is 11.6. The van der Waals surface area contributed by atoms with Gasteiger partial charge in [-0.2, -0.15) is 0 Å². The molecule has 0 atom stereocenters. The molecule has 0 aliphatic heterocycles. The van der Waals surface area contributed by atoms with Crippen LogP contribution < -0.4 is 11.1 Å². The summed E-state index contributed by atoms with van der Waals surface area (Å²) in [6.45, 7) is 0.583. The van der Waals surface area contributed by atoms with Crippen molar-refractivity contribution in [3.8, 4) is 0 Å². The van der Waals surface area contributed by atoms with Gasteiger partial charge in [0.1, 0.15) is 0 Å². The average molecular weight is 301 g/mol. The van der Waals surface area contributed by atoms with Gasteiger partial charge in [0, 0.05) is 21.8 Å². The fourth-order valence-electron chi connectivity index (χ4n) is 1.42. The van der Waals surface area contributed by atoms with Crippen molar-refractivity contribution in [2.45, 2.75) is 6.54 Å². The van der Waals surface area contributed by atoms with E-state index in [1.807, 2.05) is 6.07 Å². The molecule has 2 rings (SSSR count). The second-order valence-corrected chi connectivity index (χ2v) is 5.48. The van der Waals surface area contributed by atoms with Crippen LogP contribution in [0.5, 0.6) is 0 Å². The fraction of sp³-hybridized carbons (Fsp3) is 0.0833. The molecule has 1 heterocycles. The average Bonchev–Trinajstić information content (AvgIpc) is 2.76. The number of benzene rings is 1. The minimum Gasteiger partial charge on any atom is -0.379 e. The van der Waals surface area contributed by atoms with Crippen molar-refractivity contribution < 1.29 is 4.79 Å². The molecule has 94 valence electrons. The van der Waals surface area contributed by atoms with Gasteiger partial charge in [-0.3, -0.25) is 4.79 Å². The summed E-state index contributed by atoms with van der Waals surface area (Å²) in [5, 5.41) is 6.07. The zero-order chi connectivity index (χ0) is 13.1. The largest absolute Gasteiger partial charge is 0.379 e. The molecule has 6 heteroatoms. The van der Waals surface area contributed by atoms with Crippen molar-refractivity contribution in [1.82, 2.24) is 0 Å². The highest BCUT2D eigenvalue weighted by Crippen LogP contribution is 2.26. The summed E-state index contributed by atoms with van der Waals surface area (Å²) < 4.78 is 0. The lowest BCUT2D eigenvalue weighted by molar-refractivity contribution is 0.100. The SMILES string of the molecule is NC(=O)c1csc(CNc2ccc(Cl)cc2Cl)c1. The highest BCUT2D eigenvalue weighted by Gasteiger charge is 2.05. The van der Waals surface area contributed by atoms with Gasteiger partial charge in [0.05, 0.1) is 16.3 Å². The van der Waals surface area contributed by atoms with E-state index in [-0.39, 0.29) is 0 Å². The Kier molecular flexibility index (Phi) is 4.11. The van der Waals surface area contributed by atoms with Crippen LogP contribution in [0.3, 0.4) is 0 Å². The molecule has 0 bridgehead atoms. The standard InChI is InChI=1S/C12H10Cl2N2OS/c13-8-1-2-11(10(14)4-8)16-5-9-3-7(6-18-9)12(15)17/h1-4,6,16H,5H2,(H2,15,17). The molecule has 0 aliphatic rings. The van der Waals surface area contributed by atoms with Crippen LogP contribution in [0.2, 0.25) is 10.0 Å². The van der Waals surface area contributed by atoms with Gasteiger partial charge in [-0.15, -0.1) is 11.3 Å². The third kappa shape index (κ3) is 3.16. The van der Waals surface area contributed by atoms with Crippen LogP contribution in [-0.4, -0.2) is 5.91 Å². The second-order valence-electron chi connectivity index (χ2n) is 3.64. The molecule has 1 aromatic heterocycles. The summed E-state index contributed by atoms with van der Waals surface area (Å²) in [5.41, 5.74) is 6.51. The van der Waals surface area contributed by atoms with Gasteiger partial charge in [0.2, 0.25) is 5.91 Å². The van der Waals surface area contributed by atoms with Crippen LogP contribution in [-0.2, 0) is 6.54 Å². The van der Waals surface area contributed by atoms with Crippen LogP contribution in [0, 0.1) is 0 Å². The van der Waals surface area contributed by atoms with Gasteiger partial charge in [0.25, 0.3) is 0 Å². The lowest BCUT2D eigenvalue weighted by Gasteiger charge is -2.07. The van der Waals surface area contributed by atoms with Crippen molar-refractivity contribution >= 4 is 46.1 Å². The number of amides is 1. The molecule has 3 N–H and O–H groups in total. The summed E-state index contributed by atoms with van der Waals surface area (Å²) in [4.78, 5) is 12.0. The summed E-state index contributed by atoms with van der Waals surface area (Å²) in [7, 11) is 0. The number of rotatable bonds is 4. The molecule has 0 fully saturated rings. The highest BCUT2D eigenvalue weighted by atomic mass is 35.5. The zero-order valence-electron chi connectivity index (χ0n) is 9.24. The maximum absolute atomic E-state index is 11.0. The molecule has 0 aliphatic carbocycles. The summed E-state index contributed by atoms with van der Waals surface area (Å²) in [5.74, 6) is -0.415. The van der Waals surface area contributed by atoms with Gasteiger partial charge < -0.3 is 11.1 Å². The predicted molar refractivity (Wildman–Crippen MR) is 76.6 cm³/mol. The topological polar surface area (TPSA) is 55.1 Å². The van der Waals surface area contributed by atoms with Crippen LogP contribution in [0.4, 0.5) is 5.69 Å². The monoisotopic (exact) mass is 300 g/mol. The Bertz CT molecular complexity index is 583. The van der Waals surface area contributed by atoms with Gasteiger partial charge in [0.15, 0.2) is 0 Å². The Labute approximate surface area is 119 Å². The molecule has 0 saturated carbocycles. The number of thiophene rings is 1. The van der Waals surface area contributed by atoms with E-state index in [2.05, 4.69) is 5.32 Å². The van der Waals surface area contributed by atoms with Gasteiger partial charge in [-0.25, -0.2) is 0 Å². The first kappa shape index (κ1) is 13.2. The first-order valence-corrected chi connectivity index (χ1v) is 6.76. The minimum absolute atomic E-state index is 0.415. The van der Waals surface area contributed by atoms with Crippen molar-refractivity contribution in [3.63, 3.8) is 0 Å². The van der Waals surface area contributed by atoms with Gasteiger partial charge in [-0.1, -0.05) is 23.2 Å². The number of carbonyl (C=O) groups excluding carboxylic acids is 1. The maximum atomic E-state index is 11.0. The Morgan fingerprint density at radius 3 is 2.72 bits per heavy atom. The number of hydrogen-bond donors (Lipinski definition) is 2. The van der Waals surface area contributed by atoms with Crippen LogP contribution in [0.25, 0.3) is 0 Å². The Morgan fingerprint density at radius 2 is 2.11 bits per heavy atom. The molecule has 3 nitrogen and oxygen atoms in total. The lowest BCUT2D eigenvalue weighted by Crippen LogP contribution is -2.09. The molecule has 0 unspecified atom stereocenters. The number of nitrogens with one attached hydrogen (secondary N) is 1. The lowest BCUT2D eigenvalue weighted by atomic mass is 10.3. The molecular weight excluding hydrogens is 291 g/mol. The molecular formula is C12H10Cl2N2OS. The quantitative estimate of drug-likeness (QED) is 0.903. The highest BCUT2D eigenvalue weighted by molar-refractivity contribution is 7.10. The van der Waals surface area contributed by atoms with E-state index in [9.17, 15) is 4.79 Å². The third-order valence-electron chi connectivity index (χ3n) is 2.32. The second kappa shape index (κ2) is 5.61. The van der Waals surface area contributed by atoms with E-state index in [1.54, 1.807) is 23.6 Å². The van der Waals surface area contributed by atoms with E-state index in [0.717, 1.165) is 10.6 Å². The molecule has 0 spiro atoms. The molecule has 18 heavy (non-hydrogen) atoms. The van der Waals surface area contributed by atoms with Crippen LogP contribution in [0.1, 0.15) is 15.2 Å². The summed E-state index contributed by atoms with van der Waals surface area (Å²) >= 11 is 13.3. The molecule has 1 aromatic carbocycles. The summed E-state index contributed by atoms with van der Waals surface area (Å²) in [6.07, 6.45) is 0. The number of anilines is 1. The number of halogens is 2. The van der Waals surface area contributed by atoms with E-state index in [0.29, 0.717) is 22.2 Å². The molecule has 0 saturated heterocycles. The van der Waals surface area contributed by atoms with Crippen molar-refractivity contribution in [2.24, 2.45) is 5.73 Å². The van der Waals surface area contributed by atoms with E-state index in [4.69, 9.17) is 28.9 Å². The Hall–Kier alpha value is -1.23. The number of nitrogens with two attached hydrogens (primary N) is 1. The molecule has 1 amide bonds. The van der Waals surface area contributed by atoms with Crippen LogP contribution in [0.15, 0.2) is 29.6 Å². The number of hydrogen-bond acceptors (Lipinski definition) is 3. The first-order chi connectivity index (χ1) is 8.56. The van der Waals surface area contributed by atoms with Crippen molar-refractivity contribution in [1.29, 1.82) is 0 Å². The van der Waals surface area contributed by atoms with Gasteiger partial charge >= 0.3 is 0 Å². The Balaban J connectivity index is 2.04. The predicted octanol–water partition coefficient (Wildman–Crippen LogP) is 3.77.